The Labute approximate surface area is 99.5 Å². The molecule has 1 fully saturated rings. The van der Waals surface area contributed by atoms with E-state index in [0.717, 1.165) is 25.3 Å². The first-order chi connectivity index (χ1) is 7.77. The largest absolute Gasteiger partial charge is 0.480 e. The predicted molar refractivity (Wildman–Crippen MR) is 64.5 cm³/mol. The average molecular weight is 237 g/mol. The summed E-state index contributed by atoms with van der Waals surface area (Å²) >= 11 is 1.70. The molecule has 1 atom stereocenters. The van der Waals surface area contributed by atoms with Crippen LogP contribution >= 0.6 is 11.8 Å². The van der Waals surface area contributed by atoms with Crippen LogP contribution in [-0.4, -0.2) is 34.4 Å². The van der Waals surface area contributed by atoms with Crippen LogP contribution < -0.4 is 0 Å². The van der Waals surface area contributed by atoms with E-state index >= 15 is 0 Å². The molecule has 1 saturated heterocycles. The molecule has 1 aromatic carbocycles. The standard InChI is InChI=1S/C12H15NO2S/c14-12(15)11-7-4-8-13(11)9-16-10-5-2-1-3-6-10/h1-3,5-6,11H,4,7-9H2,(H,14,15)/t11-/m0/s1. The van der Waals surface area contributed by atoms with E-state index in [9.17, 15) is 4.79 Å². The Morgan fingerprint density at radius 3 is 2.88 bits per heavy atom. The molecule has 0 aliphatic carbocycles. The molecule has 1 aromatic rings. The van der Waals surface area contributed by atoms with E-state index in [1.165, 1.54) is 4.90 Å². The maximum Gasteiger partial charge on any atom is 0.320 e. The van der Waals surface area contributed by atoms with Gasteiger partial charge in [-0.15, -0.1) is 11.8 Å². The number of nitrogens with zero attached hydrogens (tertiary/aromatic N) is 1. The van der Waals surface area contributed by atoms with Crippen molar-refractivity contribution in [1.82, 2.24) is 4.90 Å². The lowest BCUT2D eigenvalue weighted by molar-refractivity contribution is -0.141. The molecule has 1 aliphatic rings. The molecule has 0 bridgehead atoms. The fourth-order valence-corrected chi connectivity index (χ4v) is 2.91. The average Bonchev–Trinajstić information content (AvgIpc) is 2.76. The van der Waals surface area contributed by atoms with Gasteiger partial charge in [-0.05, 0) is 31.5 Å². The molecule has 1 aliphatic heterocycles. The smallest absolute Gasteiger partial charge is 0.320 e. The van der Waals surface area contributed by atoms with Crippen LogP contribution in [0.15, 0.2) is 35.2 Å². The van der Waals surface area contributed by atoms with Gasteiger partial charge in [0.25, 0.3) is 0 Å². The van der Waals surface area contributed by atoms with E-state index in [2.05, 4.69) is 12.1 Å². The molecule has 0 amide bonds. The van der Waals surface area contributed by atoms with Crippen molar-refractivity contribution in [2.45, 2.75) is 23.8 Å². The highest BCUT2D eigenvalue weighted by Crippen LogP contribution is 2.24. The Hall–Kier alpha value is -1.00. The molecule has 0 spiro atoms. The Balaban J connectivity index is 1.88. The van der Waals surface area contributed by atoms with Gasteiger partial charge in [0.15, 0.2) is 0 Å². The van der Waals surface area contributed by atoms with Crippen molar-refractivity contribution in [3.8, 4) is 0 Å². The third-order valence-electron chi connectivity index (χ3n) is 2.79. The summed E-state index contributed by atoms with van der Waals surface area (Å²) in [6.45, 7) is 0.900. The zero-order valence-corrected chi connectivity index (χ0v) is 9.82. The summed E-state index contributed by atoms with van der Waals surface area (Å²) in [7, 11) is 0. The minimum Gasteiger partial charge on any atom is -0.480 e. The third-order valence-corrected chi connectivity index (χ3v) is 3.86. The molecule has 0 unspecified atom stereocenters. The fraction of sp³-hybridized carbons (Fsp3) is 0.417. The second kappa shape index (κ2) is 5.37. The second-order valence-corrected chi connectivity index (χ2v) is 4.91. The topological polar surface area (TPSA) is 40.5 Å². The molecule has 0 saturated carbocycles. The predicted octanol–water partition coefficient (Wildman–Crippen LogP) is 2.29. The van der Waals surface area contributed by atoms with Crippen molar-refractivity contribution >= 4 is 17.7 Å². The molecular formula is C12H15NO2S. The van der Waals surface area contributed by atoms with Gasteiger partial charge in [0, 0.05) is 10.8 Å². The van der Waals surface area contributed by atoms with Crippen LogP contribution in [0.5, 0.6) is 0 Å². The highest BCUT2D eigenvalue weighted by atomic mass is 32.2. The lowest BCUT2D eigenvalue weighted by Crippen LogP contribution is -2.35. The number of carboxylic acid groups (broad SMARTS) is 1. The van der Waals surface area contributed by atoms with Gasteiger partial charge < -0.3 is 5.11 Å². The van der Waals surface area contributed by atoms with E-state index in [0.29, 0.717) is 0 Å². The summed E-state index contributed by atoms with van der Waals surface area (Å²) < 4.78 is 0. The highest BCUT2D eigenvalue weighted by Gasteiger charge is 2.29. The minimum absolute atomic E-state index is 0.281. The van der Waals surface area contributed by atoms with Crippen molar-refractivity contribution in [3.05, 3.63) is 30.3 Å². The van der Waals surface area contributed by atoms with Gasteiger partial charge in [0.2, 0.25) is 0 Å². The summed E-state index contributed by atoms with van der Waals surface area (Å²) in [6.07, 6.45) is 1.77. The van der Waals surface area contributed by atoms with E-state index in [-0.39, 0.29) is 6.04 Å². The maximum atomic E-state index is 11.0. The maximum absolute atomic E-state index is 11.0. The second-order valence-electron chi connectivity index (χ2n) is 3.90. The lowest BCUT2D eigenvalue weighted by atomic mass is 10.2. The molecular weight excluding hydrogens is 222 g/mol. The molecule has 4 heteroatoms. The normalized spacial score (nSPS) is 21.1. The monoisotopic (exact) mass is 237 g/mol. The molecule has 0 radical (unpaired) electrons. The van der Waals surface area contributed by atoms with E-state index in [1.54, 1.807) is 11.8 Å². The Bertz CT molecular complexity index is 355. The van der Waals surface area contributed by atoms with Gasteiger partial charge in [-0.25, -0.2) is 0 Å². The van der Waals surface area contributed by atoms with E-state index in [1.807, 2.05) is 23.1 Å². The quantitative estimate of drug-likeness (QED) is 0.816. The summed E-state index contributed by atoms with van der Waals surface area (Å²) in [5.41, 5.74) is 0. The highest BCUT2D eigenvalue weighted by molar-refractivity contribution is 7.99. The Kier molecular flexibility index (Phi) is 3.85. The van der Waals surface area contributed by atoms with Crippen LogP contribution in [0, 0.1) is 0 Å². The van der Waals surface area contributed by atoms with Gasteiger partial charge in [0.05, 0.1) is 0 Å². The van der Waals surface area contributed by atoms with Crippen LogP contribution in [0.2, 0.25) is 0 Å². The van der Waals surface area contributed by atoms with Gasteiger partial charge in [-0.1, -0.05) is 18.2 Å². The molecule has 16 heavy (non-hydrogen) atoms. The number of thioether (sulfide) groups is 1. The fourth-order valence-electron chi connectivity index (χ4n) is 1.93. The van der Waals surface area contributed by atoms with Crippen LogP contribution in [-0.2, 0) is 4.79 Å². The first-order valence-electron chi connectivity index (χ1n) is 5.42. The van der Waals surface area contributed by atoms with Crippen molar-refractivity contribution in [3.63, 3.8) is 0 Å². The minimum atomic E-state index is -0.689. The van der Waals surface area contributed by atoms with Crippen molar-refractivity contribution in [1.29, 1.82) is 0 Å². The Morgan fingerprint density at radius 2 is 2.19 bits per heavy atom. The van der Waals surface area contributed by atoms with Gasteiger partial charge in [-0.2, -0.15) is 0 Å². The zero-order chi connectivity index (χ0) is 11.4. The third kappa shape index (κ3) is 2.77. The molecule has 2 rings (SSSR count). The van der Waals surface area contributed by atoms with Crippen LogP contribution in [0.4, 0.5) is 0 Å². The number of aliphatic carboxylic acids is 1. The molecule has 86 valence electrons. The van der Waals surface area contributed by atoms with E-state index in [4.69, 9.17) is 5.11 Å². The Morgan fingerprint density at radius 1 is 1.44 bits per heavy atom. The lowest BCUT2D eigenvalue weighted by Gasteiger charge is -2.20. The molecule has 0 aromatic heterocycles. The van der Waals surface area contributed by atoms with E-state index < -0.39 is 5.97 Å². The van der Waals surface area contributed by atoms with Gasteiger partial charge in [-0.3, -0.25) is 9.69 Å². The van der Waals surface area contributed by atoms with Crippen molar-refractivity contribution in [2.24, 2.45) is 0 Å². The summed E-state index contributed by atoms with van der Waals surface area (Å²) in [4.78, 5) is 14.2. The van der Waals surface area contributed by atoms with Gasteiger partial charge in [0.1, 0.15) is 6.04 Å². The number of hydrogen-bond donors (Lipinski definition) is 1. The van der Waals surface area contributed by atoms with Crippen LogP contribution in [0.1, 0.15) is 12.8 Å². The molecule has 3 nitrogen and oxygen atoms in total. The molecule has 1 heterocycles. The number of hydrogen-bond acceptors (Lipinski definition) is 3. The summed E-state index contributed by atoms with van der Waals surface area (Å²) in [6, 6.07) is 9.81. The number of carboxylic acids is 1. The first-order valence-corrected chi connectivity index (χ1v) is 6.40. The first kappa shape index (κ1) is 11.5. The van der Waals surface area contributed by atoms with Crippen LogP contribution in [0.25, 0.3) is 0 Å². The number of likely N-dealkylation sites (tertiary alicyclic amines) is 1. The SMILES string of the molecule is O=C(O)[C@@H]1CCCN1CSc1ccccc1. The van der Waals surface area contributed by atoms with Gasteiger partial charge >= 0.3 is 5.97 Å². The summed E-state index contributed by atoms with van der Waals surface area (Å²) in [5.74, 6) is 0.0761. The number of rotatable bonds is 4. The number of benzene rings is 1. The van der Waals surface area contributed by atoms with Crippen molar-refractivity contribution in [2.75, 3.05) is 12.4 Å². The molecule has 1 N–H and O–H groups in total. The zero-order valence-electron chi connectivity index (χ0n) is 9.00. The number of carbonyl (C=O) groups is 1. The summed E-state index contributed by atoms with van der Waals surface area (Å²) in [5, 5.41) is 9.03. The van der Waals surface area contributed by atoms with Crippen LogP contribution in [0.3, 0.4) is 0 Å². The van der Waals surface area contributed by atoms with Crippen molar-refractivity contribution < 1.29 is 9.90 Å².